The van der Waals surface area contributed by atoms with E-state index >= 15 is 0 Å². The Labute approximate surface area is 190 Å². The van der Waals surface area contributed by atoms with E-state index in [0.29, 0.717) is 33.3 Å². The van der Waals surface area contributed by atoms with Gasteiger partial charge in [0, 0.05) is 36.0 Å². The van der Waals surface area contributed by atoms with Gasteiger partial charge >= 0.3 is 12.0 Å². The Bertz CT molecular complexity index is 1430. The van der Waals surface area contributed by atoms with Crippen molar-refractivity contribution in [2.75, 3.05) is 14.2 Å². The SMILES string of the molecule is COc1ccc2c(c1)c(CCC(=O)O)cn2S(=O)(=O)c1cccc(-c2cnc(OC)nc2)c1. The first kappa shape index (κ1) is 22.3. The fourth-order valence-electron chi connectivity index (χ4n) is 3.53. The van der Waals surface area contributed by atoms with Crippen LogP contribution in [0.4, 0.5) is 0 Å². The highest BCUT2D eigenvalue weighted by atomic mass is 32.2. The molecule has 0 unspecified atom stereocenters. The topological polar surface area (TPSA) is 121 Å². The van der Waals surface area contributed by atoms with Crippen LogP contribution in [0.3, 0.4) is 0 Å². The smallest absolute Gasteiger partial charge is 0.316 e. The van der Waals surface area contributed by atoms with Gasteiger partial charge in [0.25, 0.3) is 10.0 Å². The second kappa shape index (κ2) is 8.91. The third-order valence-electron chi connectivity index (χ3n) is 5.20. The van der Waals surface area contributed by atoms with E-state index in [1.54, 1.807) is 48.8 Å². The highest BCUT2D eigenvalue weighted by Crippen LogP contribution is 2.31. The number of hydrogen-bond donors (Lipinski definition) is 1. The summed E-state index contributed by atoms with van der Waals surface area (Å²) >= 11 is 0. The number of carbonyl (C=O) groups is 1. The quantitative estimate of drug-likeness (QED) is 0.419. The zero-order valence-corrected chi connectivity index (χ0v) is 18.7. The van der Waals surface area contributed by atoms with Crippen molar-refractivity contribution < 1.29 is 27.8 Å². The van der Waals surface area contributed by atoms with E-state index in [9.17, 15) is 13.2 Å². The molecule has 0 aliphatic carbocycles. The zero-order valence-electron chi connectivity index (χ0n) is 17.9. The standard InChI is InChI=1S/C23H21N3O6S/c1-31-18-7-8-21-20(11-18)16(6-9-22(27)28)14-26(21)33(29,30)19-5-3-4-15(10-19)17-12-24-23(32-2)25-13-17/h3-5,7-8,10-14H,6,9H2,1-2H3,(H,27,28). The summed E-state index contributed by atoms with van der Waals surface area (Å²) < 4.78 is 38.6. The summed E-state index contributed by atoms with van der Waals surface area (Å²) in [6.45, 7) is 0. The number of hydrogen-bond acceptors (Lipinski definition) is 7. The molecule has 2 heterocycles. The van der Waals surface area contributed by atoms with Crippen LogP contribution in [0.15, 0.2) is 66.0 Å². The molecule has 2 aromatic carbocycles. The maximum atomic E-state index is 13.6. The molecule has 9 nitrogen and oxygen atoms in total. The summed E-state index contributed by atoms with van der Waals surface area (Å²) in [5.41, 5.74) is 2.31. The lowest BCUT2D eigenvalue weighted by molar-refractivity contribution is -0.136. The molecule has 0 fully saturated rings. The van der Waals surface area contributed by atoms with Gasteiger partial charge < -0.3 is 14.6 Å². The molecule has 0 bridgehead atoms. The fraction of sp³-hybridized carbons (Fsp3) is 0.174. The van der Waals surface area contributed by atoms with Crippen molar-refractivity contribution in [3.8, 4) is 22.9 Å². The van der Waals surface area contributed by atoms with Crippen LogP contribution in [0.25, 0.3) is 22.0 Å². The molecule has 0 aliphatic heterocycles. The minimum Gasteiger partial charge on any atom is -0.497 e. The van der Waals surface area contributed by atoms with Crippen LogP contribution >= 0.6 is 0 Å². The zero-order chi connectivity index (χ0) is 23.6. The van der Waals surface area contributed by atoms with Gasteiger partial charge in [0.2, 0.25) is 0 Å². The number of carboxylic acid groups (broad SMARTS) is 1. The summed E-state index contributed by atoms with van der Waals surface area (Å²) in [6, 6.07) is 11.7. The first-order chi connectivity index (χ1) is 15.8. The Morgan fingerprint density at radius 3 is 2.45 bits per heavy atom. The first-order valence-corrected chi connectivity index (χ1v) is 11.4. The molecule has 0 aliphatic rings. The van der Waals surface area contributed by atoms with E-state index in [2.05, 4.69) is 9.97 Å². The molecule has 0 atom stereocenters. The monoisotopic (exact) mass is 467 g/mol. The Balaban J connectivity index is 1.81. The average Bonchev–Trinajstić information content (AvgIpc) is 3.21. The van der Waals surface area contributed by atoms with Crippen molar-refractivity contribution in [1.29, 1.82) is 0 Å². The van der Waals surface area contributed by atoms with Gasteiger partial charge in [0.05, 0.1) is 24.6 Å². The molecule has 1 N–H and O–H groups in total. The van der Waals surface area contributed by atoms with Gasteiger partial charge in [0.1, 0.15) is 5.75 Å². The molecule has 170 valence electrons. The number of nitrogens with zero attached hydrogens (tertiary/aromatic N) is 3. The Hall–Kier alpha value is -3.92. The highest BCUT2D eigenvalue weighted by molar-refractivity contribution is 7.90. The van der Waals surface area contributed by atoms with Crippen LogP contribution in [0.2, 0.25) is 0 Å². The fourth-order valence-corrected chi connectivity index (χ4v) is 4.97. The minimum absolute atomic E-state index is 0.0771. The molecule has 33 heavy (non-hydrogen) atoms. The van der Waals surface area contributed by atoms with Crippen molar-refractivity contribution in [1.82, 2.24) is 13.9 Å². The van der Waals surface area contributed by atoms with Gasteiger partial charge in [-0.05, 0) is 47.9 Å². The predicted octanol–water partition coefficient (Wildman–Crippen LogP) is 3.37. The third-order valence-corrected chi connectivity index (χ3v) is 6.87. The van der Waals surface area contributed by atoms with E-state index in [0.717, 1.165) is 0 Å². The average molecular weight is 468 g/mol. The van der Waals surface area contributed by atoms with Gasteiger partial charge in [-0.1, -0.05) is 12.1 Å². The Morgan fingerprint density at radius 1 is 1.03 bits per heavy atom. The summed E-state index contributed by atoms with van der Waals surface area (Å²) in [5.74, 6) is -0.410. The normalized spacial score (nSPS) is 11.5. The molecule has 0 spiro atoms. The molecule has 10 heteroatoms. The van der Waals surface area contributed by atoms with E-state index < -0.39 is 16.0 Å². The van der Waals surface area contributed by atoms with E-state index in [1.807, 2.05) is 0 Å². The van der Waals surface area contributed by atoms with Gasteiger partial charge in [0.15, 0.2) is 0 Å². The number of fused-ring (bicyclic) bond motifs is 1. The predicted molar refractivity (Wildman–Crippen MR) is 121 cm³/mol. The molecule has 2 aromatic heterocycles. The molecule has 0 radical (unpaired) electrons. The van der Waals surface area contributed by atoms with E-state index in [1.165, 1.54) is 30.5 Å². The van der Waals surface area contributed by atoms with E-state index in [4.69, 9.17) is 14.6 Å². The highest BCUT2D eigenvalue weighted by Gasteiger charge is 2.22. The molecule has 0 amide bonds. The molecule has 0 saturated carbocycles. The number of aryl methyl sites for hydroxylation is 1. The van der Waals surface area contributed by atoms with Crippen LogP contribution < -0.4 is 9.47 Å². The number of carboxylic acids is 1. The Morgan fingerprint density at radius 2 is 1.79 bits per heavy atom. The van der Waals surface area contributed by atoms with Gasteiger partial charge in [-0.3, -0.25) is 4.79 Å². The number of aliphatic carboxylic acids is 1. The Kier molecular flexibility index (Phi) is 6.01. The van der Waals surface area contributed by atoms with Crippen LogP contribution in [0.5, 0.6) is 11.8 Å². The van der Waals surface area contributed by atoms with E-state index in [-0.39, 0.29) is 23.7 Å². The number of aromatic nitrogens is 3. The first-order valence-electron chi connectivity index (χ1n) is 9.95. The van der Waals surface area contributed by atoms with Gasteiger partial charge in [-0.15, -0.1) is 0 Å². The summed E-state index contributed by atoms with van der Waals surface area (Å²) in [6.07, 6.45) is 4.65. The van der Waals surface area contributed by atoms with Gasteiger partial charge in [-0.25, -0.2) is 22.4 Å². The largest absolute Gasteiger partial charge is 0.497 e. The third kappa shape index (κ3) is 4.37. The number of methoxy groups -OCH3 is 2. The number of benzene rings is 2. The minimum atomic E-state index is -3.98. The lowest BCUT2D eigenvalue weighted by Crippen LogP contribution is -2.12. The molecule has 4 aromatic rings. The summed E-state index contributed by atoms with van der Waals surface area (Å²) in [4.78, 5) is 19.3. The lowest BCUT2D eigenvalue weighted by Gasteiger charge is -2.10. The summed E-state index contributed by atoms with van der Waals surface area (Å²) in [7, 11) is -1.01. The number of rotatable bonds is 8. The van der Waals surface area contributed by atoms with Crippen molar-refractivity contribution in [3.05, 3.63) is 66.6 Å². The van der Waals surface area contributed by atoms with Crippen LogP contribution in [-0.2, 0) is 21.2 Å². The van der Waals surface area contributed by atoms with Crippen molar-refractivity contribution in [2.24, 2.45) is 0 Å². The molecular weight excluding hydrogens is 446 g/mol. The second-order valence-electron chi connectivity index (χ2n) is 7.22. The number of ether oxygens (including phenoxy) is 2. The molecular formula is C23H21N3O6S. The van der Waals surface area contributed by atoms with Gasteiger partial charge in [-0.2, -0.15) is 0 Å². The van der Waals surface area contributed by atoms with Crippen molar-refractivity contribution >= 4 is 26.9 Å². The summed E-state index contributed by atoms with van der Waals surface area (Å²) in [5, 5.41) is 9.72. The second-order valence-corrected chi connectivity index (χ2v) is 9.03. The van der Waals surface area contributed by atoms with Crippen LogP contribution in [0.1, 0.15) is 12.0 Å². The molecule has 4 rings (SSSR count). The van der Waals surface area contributed by atoms with Crippen LogP contribution in [-0.4, -0.2) is 47.7 Å². The molecule has 0 saturated heterocycles. The maximum absolute atomic E-state index is 13.6. The maximum Gasteiger partial charge on any atom is 0.316 e. The van der Waals surface area contributed by atoms with Crippen molar-refractivity contribution in [2.45, 2.75) is 17.7 Å². The van der Waals surface area contributed by atoms with Crippen molar-refractivity contribution in [3.63, 3.8) is 0 Å². The lowest BCUT2D eigenvalue weighted by atomic mass is 10.1. The van der Waals surface area contributed by atoms with Crippen LogP contribution in [0, 0.1) is 0 Å².